The Labute approximate surface area is 89.8 Å². The first-order chi connectivity index (χ1) is 7.31. The van der Waals surface area contributed by atoms with Crippen LogP contribution in [0.2, 0.25) is 0 Å². The molecule has 0 heterocycles. The maximum atomic E-state index is 12.6. The quantitative estimate of drug-likeness (QED) is 0.767. The molecule has 0 aliphatic rings. The van der Waals surface area contributed by atoms with Crippen LogP contribution in [0.25, 0.3) is 0 Å². The summed E-state index contributed by atoms with van der Waals surface area (Å²) in [7, 11) is 0. The van der Waals surface area contributed by atoms with Crippen molar-refractivity contribution in [2.45, 2.75) is 36.8 Å². The van der Waals surface area contributed by atoms with E-state index in [0.717, 1.165) is 0 Å². The van der Waals surface area contributed by atoms with Crippen LogP contribution in [0.5, 0.6) is 0 Å². The molecule has 0 unspecified atom stereocenters. The first-order valence-electron chi connectivity index (χ1n) is 4.21. The summed E-state index contributed by atoms with van der Waals surface area (Å²) in [4.78, 5) is 0. The lowest BCUT2D eigenvalue weighted by molar-refractivity contribution is -0.396. The summed E-state index contributed by atoms with van der Waals surface area (Å²) >= 11 is 0. The molecule has 10 heteroatoms. The topological polar surface area (TPSA) is 26.0 Å². The standard InChI is InChI=1S/C7H8F9N/c8-4(9,2-1-3-17)5(10,11)6(12,13)7(14,15)16/h1-3,17H2. The van der Waals surface area contributed by atoms with Crippen molar-refractivity contribution in [3.05, 3.63) is 0 Å². The summed E-state index contributed by atoms with van der Waals surface area (Å²) < 4.78 is 110. The van der Waals surface area contributed by atoms with Crippen LogP contribution in [-0.2, 0) is 0 Å². The molecule has 2 N–H and O–H groups in total. The van der Waals surface area contributed by atoms with Gasteiger partial charge in [-0.2, -0.15) is 39.5 Å². The molecule has 0 radical (unpaired) electrons. The highest BCUT2D eigenvalue weighted by Gasteiger charge is 2.81. The maximum Gasteiger partial charge on any atom is 0.460 e. The van der Waals surface area contributed by atoms with Gasteiger partial charge in [-0.15, -0.1) is 0 Å². The fraction of sp³-hybridized carbons (Fsp3) is 1.00. The Hall–Kier alpha value is -0.670. The fourth-order valence-electron chi connectivity index (χ4n) is 0.889. The molecule has 0 saturated carbocycles. The predicted molar refractivity (Wildman–Crippen MR) is 39.2 cm³/mol. The zero-order chi connectivity index (χ0) is 14.1. The van der Waals surface area contributed by atoms with Gasteiger partial charge in [0.05, 0.1) is 0 Å². The van der Waals surface area contributed by atoms with E-state index in [9.17, 15) is 39.5 Å². The Morgan fingerprint density at radius 1 is 0.706 bits per heavy atom. The Kier molecular flexibility index (Phi) is 4.36. The third kappa shape index (κ3) is 2.78. The van der Waals surface area contributed by atoms with Gasteiger partial charge >= 0.3 is 23.9 Å². The molecule has 0 aliphatic heterocycles. The van der Waals surface area contributed by atoms with E-state index in [4.69, 9.17) is 0 Å². The van der Waals surface area contributed by atoms with Gasteiger partial charge in [0, 0.05) is 6.42 Å². The second-order valence-corrected chi connectivity index (χ2v) is 3.24. The Morgan fingerprint density at radius 3 is 1.41 bits per heavy atom. The summed E-state index contributed by atoms with van der Waals surface area (Å²) in [6, 6.07) is 0. The zero-order valence-corrected chi connectivity index (χ0v) is 8.10. The summed E-state index contributed by atoms with van der Waals surface area (Å²) in [5.74, 6) is -18.8. The van der Waals surface area contributed by atoms with Crippen LogP contribution in [0.1, 0.15) is 12.8 Å². The van der Waals surface area contributed by atoms with E-state index < -0.39 is 43.3 Å². The number of hydrogen-bond acceptors (Lipinski definition) is 1. The van der Waals surface area contributed by atoms with E-state index in [1.54, 1.807) is 0 Å². The molecule has 0 aromatic heterocycles. The highest BCUT2D eigenvalue weighted by Crippen LogP contribution is 2.54. The molecule has 17 heavy (non-hydrogen) atoms. The summed E-state index contributed by atoms with van der Waals surface area (Å²) in [6.07, 6.45) is -9.43. The number of hydrogen-bond donors (Lipinski definition) is 1. The summed E-state index contributed by atoms with van der Waals surface area (Å²) in [6.45, 7) is -0.538. The minimum absolute atomic E-state index is 0.538. The van der Waals surface area contributed by atoms with Gasteiger partial charge in [-0.3, -0.25) is 0 Å². The molecule has 0 amide bonds. The highest BCUT2D eigenvalue weighted by atomic mass is 19.4. The molecule has 0 saturated heterocycles. The van der Waals surface area contributed by atoms with E-state index in [0.29, 0.717) is 0 Å². The van der Waals surface area contributed by atoms with Crippen molar-refractivity contribution >= 4 is 0 Å². The Morgan fingerprint density at radius 2 is 1.12 bits per heavy atom. The maximum absolute atomic E-state index is 12.6. The number of nitrogens with two attached hydrogens (primary N) is 1. The monoisotopic (exact) mass is 277 g/mol. The minimum atomic E-state index is -6.81. The van der Waals surface area contributed by atoms with Gasteiger partial charge in [0.2, 0.25) is 0 Å². The molecule has 1 nitrogen and oxygen atoms in total. The van der Waals surface area contributed by atoms with E-state index >= 15 is 0 Å². The second kappa shape index (κ2) is 4.54. The molecule has 0 aromatic carbocycles. The van der Waals surface area contributed by atoms with Crippen LogP contribution in [0.3, 0.4) is 0 Å². The largest absolute Gasteiger partial charge is 0.460 e. The highest BCUT2D eigenvalue weighted by molar-refractivity contribution is 5.00. The van der Waals surface area contributed by atoms with Gasteiger partial charge in [0.15, 0.2) is 0 Å². The van der Waals surface area contributed by atoms with Crippen molar-refractivity contribution in [1.82, 2.24) is 0 Å². The van der Waals surface area contributed by atoms with E-state index in [-0.39, 0.29) is 0 Å². The normalized spacial score (nSPS) is 15.2. The van der Waals surface area contributed by atoms with Crippen molar-refractivity contribution < 1.29 is 39.5 Å². The number of alkyl halides is 9. The number of halogens is 9. The molecule has 0 spiro atoms. The van der Waals surface area contributed by atoms with Crippen LogP contribution in [0.15, 0.2) is 0 Å². The molecular weight excluding hydrogens is 269 g/mol. The van der Waals surface area contributed by atoms with Gasteiger partial charge in [0.1, 0.15) is 0 Å². The van der Waals surface area contributed by atoms with Crippen molar-refractivity contribution in [1.29, 1.82) is 0 Å². The smallest absolute Gasteiger partial charge is 0.330 e. The van der Waals surface area contributed by atoms with Gasteiger partial charge in [-0.25, -0.2) is 0 Å². The van der Waals surface area contributed by atoms with Crippen LogP contribution in [-0.4, -0.2) is 30.5 Å². The molecular formula is C7H8F9N. The van der Waals surface area contributed by atoms with Crippen LogP contribution in [0, 0.1) is 0 Å². The predicted octanol–water partition coefficient (Wildman–Crippen LogP) is 3.19. The van der Waals surface area contributed by atoms with Crippen molar-refractivity contribution in [2.75, 3.05) is 6.54 Å². The summed E-state index contributed by atoms with van der Waals surface area (Å²) in [5, 5.41) is 0. The third-order valence-corrected chi connectivity index (χ3v) is 1.90. The van der Waals surface area contributed by atoms with Gasteiger partial charge in [-0.05, 0) is 13.0 Å². The second-order valence-electron chi connectivity index (χ2n) is 3.24. The Balaban J connectivity index is 5.24. The van der Waals surface area contributed by atoms with Gasteiger partial charge in [0.25, 0.3) is 0 Å². The lowest BCUT2D eigenvalue weighted by Gasteiger charge is -2.33. The molecule has 0 atom stereocenters. The average Bonchev–Trinajstić information content (AvgIpc) is 2.12. The lowest BCUT2D eigenvalue weighted by Crippen LogP contribution is -2.60. The molecule has 0 aromatic rings. The van der Waals surface area contributed by atoms with Gasteiger partial charge in [-0.1, -0.05) is 0 Å². The van der Waals surface area contributed by atoms with Crippen LogP contribution >= 0.6 is 0 Å². The van der Waals surface area contributed by atoms with E-state index in [1.807, 2.05) is 0 Å². The van der Waals surface area contributed by atoms with Crippen LogP contribution in [0.4, 0.5) is 39.5 Å². The van der Waals surface area contributed by atoms with Crippen molar-refractivity contribution in [3.8, 4) is 0 Å². The summed E-state index contributed by atoms with van der Waals surface area (Å²) in [5.41, 5.74) is 4.69. The third-order valence-electron chi connectivity index (χ3n) is 1.90. The first-order valence-corrected chi connectivity index (χ1v) is 4.21. The molecule has 104 valence electrons. The van der Waals surface area contributed by atoms with Crippen molar-refractivity contribution in [2.24, 2.45) is 5.73 Å². The Bertz CT molecular complexity index is 257. The van der Waals surface area contributed by atoms with Gasteiger partial charge < -0.3 is 5.73 Å². The molecule has 0 bridgehead atoms. The zero-order valence-electron chi connectivity index (χ0n) is 8.10. The van der Waals surface area contributed by atoms with E-state index in [2.05, 4.69) is 5.73 Å². The average molecular weight is 277 g/mol. The van der Waals surface area contributed by atoms with Crippen molar-refractivity contribution in [3.63, 3.8) is 0 Å². The SMILES string of the molecule is NCCCC(F)(F)C(F)(F)C(F)(F)C(F)(F)F. The molecule has 0 rings (SSSR count). The van der Waals surface area contributed by atoms with E-state index in [1.165, 1.54) is 0 Å². The first kappa shape index (κ1) is 16.3. The number of rotatable bonds is 5. The van der Waals surface area contributed by atoms with Crippen LogP contribution < -0.4 is 5.73 Å². The molecule has 0 aliphatic carbocycles. The molecule has 0 fully saturated rings. The lowest BCUT2D eigenvalue weighted by atomic mass is 10.00. The minimum Gasteiger partial charge on any atom is -0.330 e. The fourth-order valence-corrected chi connectivity index (χ4v) is 0.889.